The average Bonchev–Trinajstić information content (AvgIpc) is 3.13. The Labute approximate surface area is 368 Å². The summed E-state index contributed by atoms with van der Waals surface area (Å²) in [4.78, 5) is 34.5. The number of fused-ring (bicyclic) bond motifs is 1. The van der Waals surface area contributed by atoms with E-state index >= 15 is 0 Å². The molecule has 1 aliphatic carbocycles. The van der Waals surface area contributed by atoms with Gasteiger partial charge in [-0.3, -0.25) is 13.9 Å². The van der Waals surface area contributed by atoms with Gasteiger partial charge in [0.05, 0.1) is 34.9 Å². The molecule has 0 unspecified atom stereocenters. The number of rotatable bonds is 6. The zero-order valence-electron chi connectivity index (χ0n) is 24.8. The van der Waals surface area contributed by atoms with Gasteiger partial charge in [-0.05, 0) is 62.1 Å². The summed E-state index contributed by atoms with van der Waals surface area (Å²) in [6.45, 7) is 12.1. The van der Waals surface area contributed by atoms with E-state index in [1.54, 1.807) is 0 Å². The van der Waals surface area contributed by atoms with Gasteiger partial charge in [-0.2, -0.15) is 5.10 Å². The monoisotopic (exact) mass is 862 g/mol. The molecule has 1 fully saturated rings. The Morgan fingerprint density at radius 1 is 1.02 bits per heavy atom. The molecule has 0 radical (unpaired) electrons. The van der Waals surface area contributed by atoms with E-state index < -0.39 is 14.5 Å². The van der Waals surface area contributed by atoms with Crippen LogP contribution in [0.15, 0.2) is 40.1 Å². The molecule has 0 bridgehead atoms. The first-order valence-corrected chi connectivity index (χ1v) is 16.5. The zero-order chi connectivity index (χ0) is 29.1. The van der Waals surface area contributed by atoms with Gasteiger partial charge in [0.1, 0.15) is 5.02 Å². The fourth-order valence-corrected chi connectivity index (χ4v) is 5.95. The van der Waals surface area contributed by atoms with Crippen molar-refractivity contribution < 1.29 is 157 Å². The first kappa shape index (κ1) is 40.5. The molecule has 214 valence electrons. The third-order valence-corrected chi connectivity index (χ3v) is 13.0. The molecule has 41 heavy (non-hydrogen) atoms. The van der Waals surface area contributed by atoms with Crippen LogP contribution in [0.25, 0.3) is 11.0 Å². The third-order valence-electron chi connectivity index (χ3n) is 7.73. The van der Waals surface area contributed by atoms with Crippen LogP contribution in [0.4, 0.5) is 4.79 Å². The molecule has 1 aromatic carbocycles. The van der Waals surface area contributed by atoms with E-state index in [1.165, 1.54) is 10.9 Å². The van der Waals surface area contributed by atoms with Crippen molar-refractivity contribution in [1.82, 2.24) is 18.9 Å². The van der Waals surface area contributed by atoms with Gasteiger partial charge in [0.15, 0.2) is 8.32 Å². The molecule has 1 saturated carbocycles. The van der Waals surface area contributed by atoms with Gasteiger partial charge in [0, 0.05) is 12.6 Å². The number of carbonyl (C=O) groups excluding carboxylic acids is 1. The van der Waals surface area contributed by atoms with Crippen molar-refractivity contribution in [1.29, 1.82) is 0 Å². The first-order chi connectivity index (χ1) is 18.2. The molecule has 0 spiro atoms. The summed E-state index contributed by atoms with van der Waals surface area (Å²) >= 11 is 12.0. The molecule has 15 heteroatoms. The summed E-state index contributed by atoms with van der Waals surface area (Å²) in [6.07, 6.45) is 2.09. The maximum absolute atomic E-state index is 13.6. The number of para-hydroxylation sites is 2. The van der Waals surface area contributed by atoms with E-state index in [0.717, 1.165) is 36.7 Å². The fraction of sp³-hybridized carbons (Fsp3) is 0.538. The number of imidazole rings is 1. The Morgan fingerprint density at radius 2 is 1.54 bits per heavy atom. The van der Waals surface area contributed by atoms with Crippen LogP contribution in [0.2, 0.25) is 28.2 Å². The van der Waals surface area contributed by atoms with Crippen molar-refractivity contribution in [3.8, 4) is 0 Å². The Balaban J connectivity index is 0.00000131. The second-order valence-electron chi connectivity index (χ2n) is 11.2. The second-order valence-corrected chi connectivity index (χ2v) is 16.8. The quantitative estimate of drug-likeness (QED) is 0.253. The Morgan fingerprint density at radius 3 is 2.07 bits per heavy atom. The van der Waals surface area contributed by atoms with Gasteiger partial charge in [0.25, 0.3) is 5.56 Å². The fourth-order valence-electron chi connectivity index (χ4n) is 4.66. The van der Waals surface area contributed by atoms with Gasteiger partial charge < -0.3 is 19.4 Å². The van der Waals surface area contributed by atoms with Gasteiger partial charge in [-0.15, -0.1) is 0 Å². The minimum Gasteiger partial charge on any atom is -0.652 e. The predicted octanol–water partition coefficient (Wildman–Crippen LogP) is -2.39. The van der Waals surface area contributed by atoms with E-state index in [0.29, 0.717) is 13.2 Å². The molecule has 0 atom stereocenters. The molecular weight excluding hydrogens is 829 g/mol. The molecule has 0 N–H and O–H groups in total. The third kappa shape index (κ3) is 10.2. The SMILES string of the molecule is CC(C)(C)[Si](C)(C)OCCn1c(=O)n(C2CCC(n3ncc(Cl)c(Cl)c3=O)CC2)c2ccccc21.O=C([O-])[O-].[Cs+].[Cs+]. The second kappa shape index (κ2) is 17.4. The molecule has 10 nitrogen and oxygen atoms in total. The number of carboxylic acid groups (broad SMARTS) is 2. The van der Waals surface area contributed by atoms with Gasteiger partial charge in [-0.1, -0.05) is 56.1 Å². The van der Waals surface area contributed by atoms with Gasteiger partial charge in [-0.25, -0.2) is 9.48 Å². The molecule has 1 aliphatic rings. The number of carbonyl (C=O) groups is 1. The number of aromatic nitrogens is 4. The minimum absolute atomic E-state index is 0. The summed E-state index contributed by atoms with van der Waals surface area (Å²) in [5, 5.41) is 21.2. The Kier molecular flexibility index (Phi) is 17.2. The van der Waals surface area contributed by atoms with E-state index in [2.05, 4.69) is 39.0 Å². The predicted molar refractivity (Wildman–Crippen MR) is 150 cm³/mol. The zero-order valence-corrected chi connectivity index (χ0v) is 39.9. The topological polar surface area (TPSA) is 134 Å². The number of halogens is 2. The summed E-state index contributed by atoms with van der Waals surface area (Å²) in [7, 11) is -1.89. The van der Waals surface area contributed by atoms with E-state index in [9.17, 15) is 9.59 Å². The number of hydrogen-bond acceptors (Lipinski definition) is 7. The van der Waals surface area contributed by atoms with Crippen molar-refractivity contribution in [2.24, 2.45) is 0 Å². The van der Waals surface area contributed by atoms with Crippen molar-refractivity contribution in [2.75, 3.05) is 6.61 Å². The van der Waals surface area contributed by atoms with Crippen LogP contribution in [0.3, 0.4) is 0 Å². The summed E-state index contributed by atoms with van der Waals surface area (Å²) in [6, 6.07) is 7.96. The maximum Gasteiger partial charge on any atom is 1.00 e. The molecule has 3 aromatic rings. The molecule has 0 saturated heterocycles. The Hall–Kier alpha value is 1.50. The largest absolute Gasteiger partial charge is 1.00 e. The van der Waals surface area contributed by atoms with Crippen LogP contribution < -0.4 is 159 Å². The molecule has 0 aliphatic heterocycles. The van der Waals surface area contributed by atoms with Gasteiger partial charge in [0.2, 0.25) is 0 Å². The smallest absolute Gasteiger partial charge is 0.652 e. The van der Waals surface area contributed by atoms with Crippen LogP contribution in [-0.2, 0) is 11.0 Å². The number of benzene rings is 1. The average molecular weight is 863 g/mol. The van der Waals surface area contributed by atoms with Crippen molar-refractivity contribution >= 4 is 48.7 Å². The molecule has 2 heterocycles. The van der Waals surface area contributed by atoms with E-state index in [1.807, 2.05) is 33.4 Å². The maximum atomic E-state index is 13.6. The Bertz CT molecular complexity index is 1440. The minimum atomic E-state index is -2.33. The van der Waals surface area contributed by atoms with Crippen LogP contribution in [0.1, 0.15) is 58.5 Å². The van der Waals surface area contributed by atoms with Crippen LogP contribution in [-0.4, -0.2) is 40.0 Å². The van der Waals surface area contributed by atoms with Crippen molar-refractivity contribution in [3.05, 3.63) is 61.3 Å². The normalized spacial score (nSPS) is 17.1. The van der Waals surface area contributed by atoms with Crippen LogP contribution >= 0.6 is 23.2 Å². The van der Waals surface area contributed by atoms with E-state index in [4.69, 9.17) is 42.6 Å². The summed E-state index contributed by atoms with van der Waals surface area (Å²) < 4.78 is 11.6. The standard InChI is InChI=1S/C25H34Cl2N4O3Si.CH2O3.2Cs/c1-25(2,3)35(4,5)34-15-14-29-20-8-6-7-9-21(20)30(24(29)33)17-10-12-18(13-11-17)31-23(32)22(27)19(26)16-28-31;2-1(3)4;;/h6-9,16-18H,10-15H2,1-5H3;(H2,2,3,4);;/q;;2*+1/p-2. The summed E-state index contributed by atoms with van der Waals surface area (Å²) in [5.74, 6) is 0. The molecule has 2 aromatic heterocycles. The van der Waals surface area contributed by atoms with Gasteiger partial charge >= 0.3 is 143 Å². The van der Waals surface area contributed by atoms with Crippen molar-refractivity contribution in [2.45, 2.75) is 83.2 Å². The number of nitrogens with zero attached hydrogens (tertiary/aromatic N) is 4. The van der Waals surface area contributed by atoms with E-state index in [-0.39, 0.29) is 176 Å². The first-order valence-electron chi connectivity index (χ1n) is 12.8. The number of hydrogen-bond donors (Lipinski definition) is 0. The van der Waals surface area contributed by atoms with Crippen LogP contribution in [0, 0.1) is 0 Å². The molecular formula is C26H34Cl2Cs2N4O6Si. The van der Waals surface area contributed by atoms with Crippen LogP contribution in [0.5, 0.6) is 0 Å². The van der Waals surface area contributed by atoms with Crippen molar-refractivity contribution in [3.63, 3.8) is 0 Å². The molecule has 0 amide bonds. The summed E-state index contributed by atoms with van der Waals surface area (Å²) in [5.41, 5.74) is 1.51. The molecule has 4 rings (SSSR count).